The molecule has 0 fully saturated rings. The van der Waals surface area contributed by atoms with Gasteiger partial charge in [-0.25, -0.2) is 4.79 Å². The largest absolute Gasteiger partial charge is 0.550 e. The monoisotopic (exact) mass is 257 g/mol. The zero-order valence-electron chi connectivity index (χ0n) is 10.6. The van der Waals surface area contributed by atoms with Crippen molar-refractivity contribution in [2.45, 2.75) is 39.2 Å². The maximum Gasteiger partial charge on any atom is 0.333 e. The van der Waals surface area contributed by atoms with Crippen LogP contribution in [0.1, 0.15) is 33.1 Å². The van der Waals surface area contributed by atoms with E-state index in [1.807, 2.05) is 0 Å². The molecule has 1 atom stereocenters. The Hall–Kier alpha value is -1.85. The zero-order valence-corrected chi connectivity index (χ0v) is 10.6. The number of carbonyl (C=O) groups excluding carboxylic acids is 3. The number of carbonyl (C=O) groups is 3. The van der Waals surface area contributed by atoms with Crippen LogP contribution in [0.2, 0.25) is 0 Å². The van der Waals surface area contributed by atoms with Gasteiger partial charge in [0.15, 0.2) is 0 Å². The molecule has 102 valence electrons. The lowest BCUT2D eigenvalue weighted by Gasteiger charge is -2.16. The Labute approximate surface area is 106 Å². The Morgan fingerprint density at radius 2 is 1.89 bits per heavy atom. The third kappa shape index (κ3) is 7.43. The quantitative estimate of drug-likeness (QED) is 0.447. The van der Waals surface area contributed by atoms with Gasteiger partial charge in [0, 0.05) is 11.5 Å². The van der Waals surface area contributed by atoms with Gasteiger partial charge in [0.2, 0.25) is 0 Å². The molecule has 0 radical (unpaired) electrons. The van der Waals surface area contributed by atoms with E-state index in [1.54, 1.807) is 6.92 Å². The van der Waals surface area contributed by atoms with Gasteiger partial charge in [0.25, 0.3) is 0 Å². The van der Waals surface area contributed by atoms with Crippen molar-refractivity contribution in [1.29, 1.82) is 0 Å². The summed E-state index contributed by atoms with van der Waals surface area (Å²) in [7, 11) is 0. The molecule has 0 bridgehead atoms. The molecule has 6 nitrogen and oxygen atoms in total. The van der Waals surface area contributed by atoms with Crippen molar-refractivity contribution < 1.29 is 29.0 Å². The topological polar surface area (TPSA) is 92.7 Å². The second-order valence-electron chi connectivity index (χ2n) is 3.77. The van der Waals surface area contributed by atoms with Crippen LogP contribution in [0.5, 0.6) is 0 Å². The lowest BCUT2D eigenvalue weighted by molar-refractivity contribution is -0.305. The van der Waals surface area contributed by atoms with E-state index in [2.05, 4.69) is 6.58 Å². The lowest BCUT2D eigenvalue weighted by Crippen LogP contribution is -2.26. The molecule has 0 aliphatic rings. The molecule has 0 spiro atoms. The number of ether oxygens (including phenoxy) is 2. The van der Waals surface area contributed by atoms with Gasteiger partial charge in [-0.1, -0.05) is 13.5 Å². The van der Waals surface area contributed by atoms with Crippen molar-refractivity contribution in [2.75, 3.05) is 6.61 Å². The predicted octanol–water partition coefficient (Wildman–Crippen LogP) is -0.0424. The van der Waals surface area contributed by atoms with Crippen LogP contribution in [0, 0.1) is 0 Å². The Morgan fingerprint density at radius 1 is 1.28 bits per heavy atom. The van der Waals surface area contributed by atoms with E-state index in [0.717, 1.165) is 0 Å². The number of hydrogen-bond donors (Lipinski definition) is 0. The van der Waals surface area contributed by atoms with Crippen molar-refractivity contribution in [3.63, 3.8) is 0 Å². The number of rotatable bonds is 8. The number of carboxylic acids is 1. The predicted molar refractivity (Wildman–Crippen MR) is 60.2 cm³/mol. The van der Waals surface area contributed by atoms with Crippen LogP contribution in [-0.4, -0.2) is 30.6 Å². The molecule has 0 aliphatic heterocycles. The summed E-state index contributed by atoms with van der Waals surface area (Å²) in [5.41, 5.74) is 0.261. The maximum absolute atomic E-state index is 11.2. The highest BCUT2D eigenvalue weighted by atomic mass is 16.6. The fourth-order valence-corrected chi connectivity index (χ4v) is 0.949. The molecular weight excluding hydrogens is 240 g/mol. The van der Waals surface area contributed by atoms with E-state index in [4.69, 9.17) is 9.47 Å². The van der Waals surface area contributed by atoms with Crippen LogP contribution >= 0.6 is 0 Å². The minimum absolute atomic E-state index is 0.0958. The highest BCUT2D eigenvalue weighted by Crippen LogP contribution is 2.04. The lowest BCUT2D eigenvalue weighted by atomic mass is 10.3. The fraction of sp³-hybridized carbons (Fsp3) is 0.583. The minimum Gasteiger partial charge on any atom is -0.550 e. The molecule has 0 saturated heterocycles. The first-order valence-electron chi connectivity index (χ1n) is 5.58. The second-order valence-corrected chi connectivity index (χ2v) is 3.77. The normalized spacial score (nSPS) is 11.4. The molecule has 0 amide bonds. The number of hydrogen-bond acceptors (Lipinski definition) is 6. The molecule has 18 heavy (non-hydrogen) atoms. The van der Waals surface area contributed by atoms with Crippen LogP contribution in [0.15, 0.2) is 12.2 Å². The Balaban J connectivity index is 4.00. The molecule has 6 heteroatoms. The van der Waals surface area contributed by atoms with Gasteiger partial charge in [0.1, 0.15) is 12.7 Å². The van der Waals surface area contributed by atoms with Crippen LogP contribution in [0.4, 0.5) is 0 Å². The van der Waals surface area contributed by atoms with Crippen molar-refractivity contribution in [3.05, 3.63) is 12.2 Å². The first-order valence-corrected chi connectivity index (χ1v) is 5.58. The first-order chi connectivity index (χ1) is 8.36. The van der Waals surface area contributed by atoms with Crippen LogP contribution in [-0.2, 0) is 23.9 Å². The third-order valence-electron chi connectivity index (χ3n) is 2.04. The molecule has 0 N–H and O–H groups in total. The molecule has 0 rings (SSSR count). The van der Waals surface area contributed by atoms with Gasteiger partial charge < -0.3 is 19.4 Å². The number of carboxylic acid groups (broad SMARTS) is 1. The Bertz CT molecular complexity index is 333. The summed E-state index contributed by atoms with van der Waals surface area (Å²) in [6, 6.07) is 0. The molecule has 0 aliphatic carbocycles. The molecule has 0 saturated carbocycles. The van der Waals surface area contributed by atoms with Crippen molar-refractivity contribution >= 4 is 17.9 Å². The first kappa shape index (κ1) is 16.1. The summed E-state index contributed by atoms with van der Waals surface area (Å²) in [5.74, 6) is -2.52. The number of aliphatic carboxylic acids is 1. The maximum atomic E-state index is 11.2. The van der Waals surface area contributed by atoms with E-state index >= 15 is 0 Å². The summed E-state index contributed by atoms with van der Waals surface area (Å²) in [5, 5.41) is 10.1. The van der Waals surface area contributed by atoms with Gasteiger partial charge in [-0.3, -0.25) is 4.79 Å². The van der Waals surface area contributed by atoms with Gasteiger partial charge in [-0.2, -0.15) is 0 Å². The van der Waals surface area contributed by atoms with E-state index < -0.39 is 24.0 Å². The third-order valence-corrected chi connectivity index (χ3v) is 2.04. The molecule has 0 aromatic rings. The SMILES string of the molecule is C=C(C)C(=O)OC(CC)COC(=O)CCC(=O)[O-]. The van der Waals surface area contributed by atoms with Crippen LogP contribution in [0.25, 0.3) is 0 Å². The van der Waals surface area contributed by atoms with E-state index in [9.17, 15) is 19.5 Å². The average molecular weight is 257 g/mol. The molecule has 0 aromatic carbocycles. The van der Waals surface area contributed by atoms with E-state index in [-0.39, 0.29) is 25.0 Å². The Morgan fingerprint density at radius 3 is 2.33 bits per heavy atom. The summed E-state index contributed by atoms with van der Waals surface area (Å²) < 4.78 is 9.78. The molecular formula is C12H17O6-. The molecule has 1 unspecified atom stereocenters. The van der Waals surface area contributed by atoms with Crippen LogP contribution < -0.4 is 5.11 Å². The van der Waals surface area contributed by atoms with Crippen molar-refractivity contribution in [1.82, 2.24) is 0 Å². The number of esters is 2. The van der Waals surface area contributed by atoms with Gasteiger partial charge in [0.05, 0.1) is 6.42 Å². The van der Waals surface area contributed by atoms with Crippen molar-refractivity contribution in [2.24, 2.45) is 0 Å². The molecule has 0 aromatic heterocycles. The summed E-state index contributed by atoms with van der Waals surface area (Å²) in [6.45, 7) is 6.62. The van der Waals surface area contributed by atoms with Crippen LogP contribution in [0.3, 0.4) is 0 Å². The van der Waals surface area contributed by atoms with E-state index in [1.165, 1.54) is 6.92 Å². The van der Waals surface area contributed by atoms with Gasteiger partial charge >= 0.3 is 11.9 Å². The fourth-order valence-electron chi connectivity index (χ4n) is 0.949. The van der Waals surface area contributed by atoms with E-state index in [0.29, 0.717) is 6.42 Å². The Kier molecular flexibility index (Phi) is 7.42. The van der Waals surface area contributed by atoms with Gasteiger partial charge in [-0.15, -0.1) is 0 Å². The highest BCUT2D eigenvalue weighted by molar-refractivity contribution is 5.87. The zero-order chi connectivity index (χ0) is 14.1. The molecule has 0 heterocycles. The second kappa shape index (κ2) is 8.27. The minimum atomic E-state index is -1.31. The standard InChI is InChI=1S/C12H18O6/c1-4-9(18-12(16)8(2)3)7-17-11(15)6-5-10(13)14/h9H,2,4-7H2,1,3H3,(H,13,14)/p-1. The average Bonchev–Trinajstić information content (AvgIpc) is 2.31. The summed E-state index contributed by atoms with van der Waals surface area (Å²) >= 11 is 0. The van der Waals surface area contributed by atoms with Gasteiger partial charge in [-0.05, 0) is 19.8 Å². The summed E-state index contributed by atoms with van der Waals surface area (Å²) in [6.07, 6.45) is -0.720. The highest BCUT2D eigenvalue weighted by Gasteiger charge is 2.15. The van der Waals surface area contributed by atoms with Crippen molar-refractivity contribution in [3.8, 4) is 0 Å². The smallest absolute Gasteiger partial charge is 0.333 e. The summed E-state index contributed by atoms with van der Waals surface area (Å²) in [4.78, 5) is 32.5.